The maximum Gasteiger partial charge on any atom is 0.131 e. The molecular formula is C30H49IO2Si. The van der Waals surface area contributed by atoms with Gasteiger partial charge in [-0.2, -0.15) is 0 Å². The largest absolute Gasteiger partial charge is 0.474 e. The average Bonchev–Trinajstić information content (AvgIpc) is 3.29. The first-order chi connectivity index (χ1) is 16.1. The van der Waals surface area contributed by atoms with E-state index in [0.29, 0.717) is 11.8 Å². The van der Waals surface area contributed by atoms with Crippen molar-refractivity contribution in [3.05, 3.63) is 50.3 Å². The van der Waals surface area contributed by atoms with Crippen LogP contribution >= 0.6 is 22.6 Å². The maximum absolute atomic E-state index is 10.7. The molecule has 1 aliphatic rings. The van der Waals surface area contributed by atoms with Crippen LogP contribution in [0.2, 0.25) is 18.1 Å². The van der Waals surface area contributed by atoms with E-state index in [1.807, 2.05) is 0 Å². The molecule has 0 saturated carbocycles. The molecule has 0 saturated heterocycles. The van der Waals surface area contributed by atoms with Crippen molar-refractivity contribution in [2.75, 3.05) is 0 Å². The van der Waals surface area contributed by atoms with Gasteiger partial charge in [-0.3, -0.25) is 0 Å². The molecule has 0 fully saturated rings. The van der Waals surface area contributed by atoms with Crippen LogP contribution < -0.4 is 5.38 Å². The summed E-state index contributed by atoms with van der Waals surface area (Å²) in [6.07, 6.45) is 15.1. The zero-order valence-electron chi connectivity index (χ0n) is 22.9. The molecule has 1 N–H and O–H groups in total. The van der Waals surface area contributed by atoms with E-state index in [-0.39, 0.29) is 0 Å². The van der Waals surface area contributed by atoms with E-state index in [0.717, 1.165) is 23.8 Å². The smallest absolute Gasteiger partial charge is 0.131 e. The lowest BCUT2D eigenvalue weighted by Gasteiger charge is -2.35. The third kappa shape index (κ3) is 7.96. The lowest BCUT2D eigenvalue weighted by atomic mass is 9.71. The van der Waals surface area contributed by atoms with Gasteiger partial charge in [0.15, 0.2) is 0 Å². The van der Waals surface area contributed by atoms with Crippen molar-refractivity contribution in [2.45, 2.75) is 124 Å². The van der Waals surface area contributed by atoms with Gasteiger partial charge in [0.25, 0.3) is 0 Å². The Morgan fingerprint density at radius 3 is 2.47 bits per heavy atom. The van der Waals surface area contributed by atoms with Gasteiger partial charge in [-0.05, 0) is 103 Å². The second-order valence-corrected chi connectivity index (χ2v) is 17.6. The molecule has 0 aliphatic heterocycles. The second kappa shape index (κ2) is 13.6. The third-order valence-electron chi connectivity index (χ3n) is 8.45. The monoisotopic (exact) mass is 596 g/mol. The Balaban J connectivity index is 1.84. The van der Waals surface area contributed by atoms with Crippen molar-refractivity contribution < 1.29 is 9.52 Å². The summed E-state index contributed by atoms with van der Waals surface area (Å²) >= 11 is 2.44. The molecule has 2 nitrogen and oxygen atoms in total. The summed E-state index contributed by atoms with van der Waals surface area (Å²) in [7, 11) is -1.53. The number of hydrogen-bond acceptors (Lipinski definition) is 2. The molecule has 0 aromatic carbocycles. The van der Waals surface area contributed by atoms with Crippen molar-refractivity contribution in [1.82, 2.24) is 0 Å². The van der Waals surface area contributed by atoms with Crippen molar-refractivity contribution in [3.63, 3.8) is 0 Å². The number of allylic oxidation sites excluding steroid dienone is 5. The third-order valence-corrected chi connectivity index (χ3v) is 14.8. The first-order valence-electron chi connectivity index (χ1n) is 13.5. The quantitative estimate of drug-likeness (QED) is 0.140. The van der Waals surface area contributed by atoms with Crippen LogP contribution in [0.25, 0.3) is 0 Å². The summed E-state index contributed by atoms with van der Waals surface area (Å²) in [4.78, 5) is 0. The van der Waals surface area contributed by atoms with Crippen LogP contribution in [0, 0.1) is 5.41 Å². The molecule has 0 unspecified atom stereocenters. The molecule has 0 bridgehead atoms. The Labute approximate surface area is 224 Å². The normalized spacial score (nSPS) is 18.5. The second-order valence-electron chi connectivity index (χ2n) is 11.1. The molecule has 1 aliphatic carbocycles. The first kappa shape index (κ1) is 29.6. The molecule has 0 spiro atoms. The van der Waals surface area contributed by atoms with Gasteiger partial charge in [-0.15, -0.1) is 0 Å². The van der Waals surface area contributed by atoms with Crippen LogP contribution in [0.15, 0.2) is 49.2 Å². The van der Waals surface area contributed by atoms with E-state index in [2.05, 4.69) is 89.3 Å². The van der Waals surface area contributed by atoms with Crippen LogP contribution in [0.5, 0.6) is 0 Å². The van der Waals surface area contributed by atoms with Crippen LogP contribution in [-0.2, 0) is 0 Å². The van der Waals surface area contributed by atoms with E-state index >= 15 is 0 Å². The zero-order chi connectivity index (χ0) is 25.4. The number of rotatable bonds is 13. The summed E-state index contributed by atoms with van der Waals surface area (Å²) in [6, 6.07) is 5.74. The van der Waals surface area contributed by atoms with Crippen molar-refractivity contribution >= 4 is 36.0 Å². The van der Waals surface area contributed by atoms with Crippen LogP contribution in [0.1, 0.15) is 112 Å². The predicted molar refractivity (Wildman–Crippen MR) is 160 cm³/mol. The van der Waals surface area contributed by atoms with Gasteiger partial charge >= 0.3 is 0 Å². The molecule has 2 rings (SSSR count). The first-order valence-corrected chi connectivity index (χ1v) is 17.2. The van der Waals surface area contributed by atoms with E-state index in [1.165, 1.54) is 59.4 Å². The van der Waals surface area contributed by atoms with Crippen molar-refractivity contribution in [3.8, 4) is 0 Å². The van der Waals surface area contributed by atoms with Gasteiger partial charge in [-0.1, -0.05) is 81.6 Å². The van der Waals surface area contributed by atoms with Gasteiger partial charge in [-0.25, -0.2) is 0 Å². The van der Waals surface area contributed by atoms with Gasteiger partial charge < -0.3 is 9.52 Å². The molecule has 192 valence electrons. The summed E-state index contributed by atoms with van der Waals surface area (Å²) in [5.74, 6) is 0. The highest BCUT2D eigenvalue weighted by atomic mass is 127. The van der Waals surface area contributed by atoms with Crippen LogP contribution in [0.4, 0.5) is 0 Å². The van der Waals surface area contributed by atoms with E-state index in [1.54, 1.807) is 17.4 Å². The topological polar surface area (TPSA) is 33.4 Å². The minimum Gasteiger partial charge on any atom is -0.474 e. The standard InChI is InChI=1S/C30H49IO2Si/c1-8-34(9-2,10-3)29-21-25(22-33-29)28(32)19-17-26(31)15-11-13-23(4)16-18-27-24(5)14-12-20-30(27,6)7/h13,17,21-22,28,32H,8-12,14-16,18-20H2,1-7H3/b23-13+,26-17-/t28-/m1/s1. The SMILES string of the molecule is CC[Si](CC)(CC)c1cc([C@H](O)C/C=C(\I)CC/C=C(\C)CCC2=C(C)CCCC2(C)C)co1. The summed E-state index contributed by atoms with van der Waals surface area (Å²) in [5, 5.41) is 11.9. The van der Waals surface area contributed by atoms with Gasteiger partial charge in [0.2, 0.25) is 0 Å². The fraction of sp³-hybridized carbons (Fsp3) is 0.667. The number of halogens is 1. The van der Waals surface area contributed by atoms with Crippen molar-refractivity contribution in [1.29, 1.82) is 0 Å². The van der Waals surface area contributed by atoms with E-state index in [4.69, 9.17) is 4.42 Å². The Hall–Kier alpha value is -0.593. The lowest BCUT2D eigenvalue weighted by Crippen LogP contribution is -2.44. The zero-order valence-corrected chi connectivity index (χ0v) is 26.1. The summed E-state index contributed by atoms with van der Waals surface area (Å²) < 4.78 is 7.31. The molecule has 4 heteroatoms. The number of furan rings is 1. The Morgan fingerprint density at radius 2 is 1.85 bits per heavy atom. The Kier molecular flexibility index (Phi) is 11.9. The van der Waals surface area contributed by atoms with E-state index in [9.17, 15) is 5.11 Å². The number of aliphatic hydroxyl groups is 1. The molecule has 34 heavy (non-hydrogen) atoms. The Morgan fingerprint density at radius 1 is 1.18 bits per heavy atom. The minimum absolute atomic E-state index is 0.380. The van der Waals surface area contributed by atoms with E-state index < -0.39 is 14.2 Å². The highest BCUT2D eigenvalue weighted by Crippen LogP contribution is 2.42. The van der Waals surface area contributed by atoms with Gasteiger partial charge in [0.05, 0.1) is 17.8 Å². The van der Waals surface area contributed by atoms with Crippen molar-refractivity contribution in [2.24, 2.45) is 5.41 Å². The molecule has 0 amide bonds. The molecule has 1 atom stereocenters. The summed E-state index contributed by atoms with van der Waals surface area (Å²) in [5.41, 5.74) is 6.16. The highest BCUT2D eigenvalue weighted by Gasteiger charge is 2.33. The number of hydrogen-bond donors (Lipinski definition) is 1. The highest BCUT2D eigenvalue weighted by molar-refractivity contribution is 14.1. The minimum atomic E-state index is -1.53. The number of aliphatic hydroxyl groups excluding tert-OH is 1. The fourth-order valence-corrected chi connectivity index (χ4v) is 9.55. The van der Waals surface area contributed by atoms with Gasteiger partial charge in [0, 0.05) is 5.56 Å². The molecule has 1 aromatic heterocycles. The van der Waals surface area contributed by atoms with Gasteiger partial charge in [0.1, 0.15) is 8.07 Å². The van der Waals surface area contributed by atoms with Crippen LogP contribution in [0.3, 0.4) is 0 Å². The fourth-order valence-electron chi connectivity index (χ4n) is 5.66. The van der Waals surface area contributed by atoms with Crippen LogP contribution in [-0.4, -0.2) is 13.2 Å². The lowest BCUT2D eigenvalue weighted by molar-refractivity contribution is 0.180. The predicted octanol–water partition coefficient (Wildman–Crippen LogP) is 9.77. The molecule has 1 heterocycles. The Bertz CT molecular complexity index is 862. The molecular weight excluding hydrogens is 547 g/mol. The molecule has 1 aromatic rings. The molecule has 0 radical (unpaired) electrons. The average molecular weight is 597 g/mol. The maximum atomic E-state index is 10.7. The summed E-state index contributed by atoms with van der Waals surface area (Å²) in [6.45, 7) is 16.3.